The van der Waals surface area contributed by atoms with E-state index in [-0.39, 0.29) is 12.5 Å². The molecule has 0 aromatic heterocycles. The molecule has 0 unspecified atom stereocenters. The van der Waals surface area contributed by atoms with E-state index in [1.807, 2.05) is 78.9 Å². The van der Waals surface area contributed by atoms with Gasteiger partial charge < -0.3 is 24.1 Å². The number of alkyl halides is 1. The van der Waals surface area contributed by atoms with Crippen molar-refractivity contribution in [1.29, 1.82) is 0 Å². The topological polar surface area (TPSA) is 105 Å². The number of benzene rings is 3. The number of ether oxygens (including phenoxy) is 4. The lowest BCUT2D eigenvalue weighted by Gasteiger charge is -2.37. The summed E-state index contributed by atoms with van der Waals surface area (Å²) in [6.07, 6.45) is -0.698. The Kier molecular flexibility index (Phi) is 8.59. The fraction of sp³-hybridized carbons (Fsp3) is 0.324. The van der Waals surface area contributed by atoms with Gasteiger partial charge in [0.25, 0.3) is 0 Å². The van der Waals surface area contributed by atoms with Crippen molar-refractivity contribution in [1.82, 2.24) is 10.0 Å². The van der Waals surface area contributed by atoms with Crippen LogP contribution in [0.1, 0.15) is 36.5 Å². The SMILES string of the molecule is COc1ccc(C(OC[C@H]2O[C@@H](N3C=C4CCC5=C4C(=N3)C=NN(C(C)=O)C5)[C@@H](F)[C@@H]2O)(c2ccccc2)c2ccc(OC)cc2)cc1. The minimum absolute atomic E-state index is 0.143. The zero-order chi connectivity index (χ0) is 33.4. The number of carbonyl (C=O) groups is 1. The average molecular weight is 653 g/mol. The predicted octanol–water partition coefficient (Wildman–Crippen LogP) is 4.93. The predicted molar refractivity (Wildman–Crippen MR) is 177 cm³/mol. The van der Waals surface area contributed by atoms with E-state index in [9.17, 15) is 9.90 Å². The van der Waals surface area contributed by atoms with Crippen molar-refractivity contribution in [2.45, 2.75) is 50.0 Å². The van der Waals surface area contributed by atoms with Crippen molar-refractivity contribution in [3.63, 3.8) is 0 Å². The minimum atomic E-state index is -1.78. The molecule has 3 heterocycles. The lowest BCUT2D eigenvalue weighted by molar-refractivity contribution is -0.128. The van der Waals surface area contributed by atoms with Crippen molar-refractivity contribution in [3.8, 4) is 11.5 Å². The molecule has 10 nitrogen and oxygen atoms in total. The van der Waals surface area contributed by atoms with Gasteiger partial charge in [-0.15, -0.1) is 0 Å². The van der Waals surface area contributed by atoms with E-state index in [2.05, 4.69) is 10.2 Å². The fourth-order valence-corrected chi connectivity index (χ4v) is 6.85. The third-order valence-corrected chi connectivity index (χ3v) is 9.35. The molecule has 0 bridgehead atoms. The average Bonchev–Trinajstić information content (AvgIpc) is 3.59. The summed E-state index contributed by atoms with van der Waals surface area (Å²) in [5.41, 5.74) is 4.79. The monoisotopic (exact) mass is 652 g/mol. The van der Waals surface area contributed by atoms with Crippen LogP contribution in [0.25, 0.3) is 0 Å². The Bertz CT molecular complexity index is 1740. The summed E-state index contributed by atoms with van der Waals surface area (Å²) in [5.74, 6) is 1.20. The molecule has 3 aliphatic heterocycles. The van der Waals surface area contributed by atoms with Crippen LogP contribution < -0.4 is 9.47 Å². The molecule has 4 atom stereocenters. The maximum absolute atomic E-state index is 16.0. The number of aliphatic hydroxyl groups is 1. The maximum Gasteiger partial charge on any atom is 0.239 e. The van der Waals surface area contributed by atoms with Crippen LogP contribution in [0.4, 0.5) is 4.39 Å². The van der Waals surface area contributed by atoms with Crippen molar-refractivity contribution in [3.05, 3.63) is 118 Å². The van der Waals surface area contributed by atoms with Crippen molar-refractivity contribution in [2.24, 2.45) is 10.2 Å². The quantitative estimate of drug-likeness (QED) is 0.327. The van der Waals surface area contributed by atoms with E-state index in [4.69, 9.17) is 18.9 Å². The highest BCUT2D eigenvalue weighted by Gasteiger charge is 2.49. The van der Waals surface area contributed by atoms with Crippen LogP contribution in [0.2, 0.25) is 0 Å². The van der Waals surface area contributed by atoms with Crippen LogP contribution in [0.15, 0.2) is 112 Å². The number of halogens is 1. The first-order valence-corrected chi connectivity index (χ1v) is 15.9. The summed E-state index contributed by atoms with van der Waals surface area (Å²) in [7, 11) is 3.22. The van der Waals surface area contributed by atoms with E-state index in [1.54, 1.807) is 20.4 Å². The summed E-state index contributed by atoms with van der Waals surface area (Å²) >= 11 is 0. The number of rotatable bonds is 9. The number of methoxy groups -OCH3 is 2. The molecular weight excluding hydrogens is 615 g/mol. The van der Waals surface area contributed by atoms with E-state index in [0.717, 1.165) is 46.3 Å². The molecule has 0 radical (unpaired) electrons. The largest absolute Gasteiger partial charge is 0.497 e. The van der Waals surface area contributed by atoms with Gasteiger partial charge in [0.15, 0.2) is 12.4 Å². The lowest BCUT2D eigenvalue weighted by Crippen LogP contribution is -2.39. The van der Waals surface area contributed by atoms with Gasteiger partial charge >= 0.3 is 0 Å². The van der Waals surface area contributed by atoms with Gasteiger partial charge in [0.2, 0.25) is 5.91 Å². The van der Waals surface area contributed by atoms with E-state index in [1.165, 1.54) is 23.2 Å². The zero-order valence-corrected chi connectivity index (χ0v) is 27.0. The summed E-state index contributed by atoms with van der Waals surface area (Å²) in [6.45, 7) is 1.72. The lowest BCUT2D eigenvalue weighted by atomic mass is 9.80. The summed E-state index contributed by atoms with van der Waals surface area (Å²) < 4.78 is 40.0. The van der Waals surface area contributed by atoms with Gasteiger partial charge in [-0.05, 0) is 64.9 Å². The Morgan fingerprint density at radius 2 is 1.58 bits per heavy atom. The van der Waals surface area contributed by atoms with Crippen molar-refractivity contribution < 1.29 is 33.2 Å². The first kappa shape index (κ1) is 31.7. The van der Waals surface area contributed by atoms with Crippen molar-refractivity contribution in [2.75, 3.05) is 27.4 Å². The number of hydrogen-bond donors (Lipinski definition) is 1. The Morgan fingerprint density at radius 1 is 0.958 bits per heavy atom. The number of carbonyl (C=O) groups excluding carboxylic acids is 1. The maximum atomic E-state index is 16.0. The van der Waals surface area contributed by atoms with Crippen LogP contribution in [0.3, 0.4) is 0 Å². The number of hydrazone groups is 2. The number of allylic oxidation sites excluding steroid dienone is 2. The standard InChI is InChI=1S/C37H37FN4O6/c1-23(43)41-20-24-9-10-25-21-42(40-31(19-39-41)33(24)25)36-34(38)35(44)32(48-36)22-47-37(26-7-5-4-6-8-26,27-11-15-29(45-2)16-12-27)28-13-17-30(46-3)18-14-28/h4-8,11-19,21,32,34-36,44H,9-10,20,22H2,1-3H3/t32-,34+,35-,36-/m1/s1. The summed E-state index contributed by atoms with van der Waals surface area (Å²) in [5, 5.41) is 23.0. The molecular formula is C37H37FN4O6. The van der Waals surface area contributed by atoms with Gasteiger partial charge in [0.05, 0.1) is 33.6 Å². The second-order valence-electron chi connectivity index (χ2n) is 12.1. The second kappa shape index (κ2) is 13.0. The molecule has 3 aromatic carbocycles. The Balaban J connectivity index is 1.21. The Labute approximate surface area is 278 Å². The molecule has 1 saturated heterocycles. The van der Waals surface area contributed by atoms with Crippen LogP contribution in [-0.2, 0) is 19.9 Å². The van der Waals surface area contributed by atoms with E-state index < -0.39 is 30.2 Å². The molecule has 4 aliphatic rings. The first-order valence-electron chi connectivity index (χ1n) is 15.9. The van der Waals surface area contributed by atoms with Crippen LogP contribution in [-0.4, -0.2) is 84.9 Å². The molecule has 248 valence electrons. The second-order valence-corrected chi connectivity index (χ2v) is 12.1. The summed E-state index contributed by atoms with van der Waals surface area (Å²) in [4.78, 5) is 12.1. The third-order valence-electron chi connectivity index (χ3n) is 9.35. The number of amides is 1. The molecule has 3 aromatic rings. The van der Waals surface area contributed by atoms with Gasteiger partial charge in [-0.3, -0.25) is 4.79 Å². The highest BCUT2D eigenvalue weighted by Crippen LogP contribution is 2.43. The normalized spacial score (nSPS) is 23.4. The fourth-order valence-electron chi connectivity index (χ4n) is 6.85. The first-order chi connectivity index (χ1) is 23.3. The minimum Gasteiger partial charge on any atom is -0.497 e. The molecule has 0 saturated carbocycles. The van der Waals surface area contributed by atoms with Crippen LogP contribution in [0.5, 0.6) is 11.5 Å². The van der Waals surface area contributed by atoms with Gasteiger partial charge in [-0.2, -0.15) is 10.2 Å². The van der Waals surface area contributed by atoms with Gasteiger partial charge in [0.1, 0.15) is 35.0 Å². The summed E-state index contributed by atoms with van der Waals surface area (Å²) in [6, 6.07) is 24.9. The van der Waals surface area contributed by atoms with Crippen LogP contribution in [0, 0.1) is 0 Å². The Morgan fingerprint density at radius 3 is 2.19 bits per heavy atom. The van der Waals surface area contributed by atoms with E-state index in [0.29, 0.717) is 23.8 Å². The molecule has 1 fully saturated rings. The highest BCUT2D eigenvalue weighted by atomic mass is 19.1. The molecule has 1 amide bonds. The molecule has 11 heteroatoms. The molecule has 1 aliphatic carbocycles. The molecule has 7 rings (SSSR count). The van der Waals surface area contributed by atoms with Crippen molar-refractivity contribution >= 4 is 17.8 Å². The zero-order valence-electron chi connectivity index (χ0n) is 27.0. The van der Waals surface area contributed by atoms with E-state index >= 15 is 4.39 Å². The third kappa shape index (κ3) is 5.57. The molecule has 48 heavy (non-hydrogen) atoms. The van der Waals surface area contributed by atoms with Gasteiger partial charge in [-0.1, -0.05) is 54.6 Å². The number of hydrogen-bond acceptors (Lipinski definition) is 9. The molecule has 0 spiro atoms. The Hall–Kier alpha value is -4.84. The van der Waals surface area contributed by atoms with Gasteiger partial charge in [0, 0.05) is 18.7 Å². The number of nitrogens with zero attached hydrogens (tertiary/aromatic N) is 4. The molecule has 1 N–H and O–H groups in total. The highest BCUT2D eigenvalue weighted by molar-refractivity contribution is 6.40. The smallest absolute Gasteiger partial charge is 0.239 e. The van der Waals surface area contributed by atoms with Gasteiger partial charge in [-0.25, -0.2) is 14.4 Å². The van der Waals surface area contributed by atoms with Crippen LogP contribution >= 0.6 is 0 Å². The number of aliphatic hydroxyl groups excluding tert-OH is 1.